The molecule has 0 saturated heterocycles. The molecular formula is C19H13ClFN3O. The Morgan fingerprint density at radius 1 is 1.08 bits per heavy atom. The number of carbonyl (C=O) groups is 1. The average molecular weight is 354 g/mol. The van der Waals surface area contributed by atoms with Crippen LogP contribution in [-0.2, 0) is 0 Å². The SMILES string of the molecule is O=C1c2cccnc2C(Nc2ccc(F)cc2Cl)N1c1ccccc1. The number of hydrogen-bond acceptors (Lipinski definition) is 3. The number of nitrogens with zero attached hydrogens (tertiary/aromatic N) is 2. The van der Waals surface area contributed by atoms with Gasteiger partial charge in [0.1, 0.15) is 5.82 Å². The van der Waals surface area contributed by atoms with Crippen molar-refractivity contribution in [2.24, 2.45) is 0 Å². The summed E-state index contributed by atoms with van der Waals surface area (Å²) in [5, 5.41) is 3.46. The highest BCUT2D eigenvalue weighted by atomic mass is 35.5. The summed E-state index contributed by atoms with van der Waals surface area (Å²) in [6, 6.07) is 16.9. The molecule has 0 bridgehead atoms. The third kappa shape index (κ3) is 2.72. The molecule has 1 aromatic heterocycles. The van der Waals surface area contributed by atoms with Gasteiger partial charge in [-0.3, -0.25) is 14.7 Å². The third-order valence-corrected chi connectivity index (χ3v) is 4.38. The number of fused-ring (bicyclic) bond motifs is 1. The smallest absolute Gasteiger partial charge is 0.262 e. The molecule has 2 aromatic carbocycles. The van der Waals surface area contributed by atoms with Crippen LogP contribution in [0.4, 0.5) is 15.8 Å². The standard InChI is InChI=1S/C19H13ClFN3O/c20-15-11-12(21)8-9-16(15)23-18-17-14(7-4-10-22-17)19(25)24(18)13-5-2-1-3-6-13/h1-11,18,23H. The van der Waals surface area contributed by atoms with Crippen LogP contribution >= 0.6 is 11.6 Å². The number of aromatic nitrogens is 1. The van der Waals surface area contributed by atoms with Crippen molar-refractivity contribution in [3.8, 4) is 0 Å². The number of para-hydroxylation sites is 1. The lowest BCUT2D eigenvalue weighted by molar-refractivity contribution is 0.0993. The van der Waals surface area contributed by atoms with Crippen LogP contribution in [0.2, 0.25) is 5.02 Å². The van der Waals surface area contributed by atoms with Gasteiger partial charge < -0.3 is 5.32 Å². The molecule has 6 heteroatoms. The van der Waals surface area contributed by atoms with Crippen LogP contribution in [0, 0.1) is 5.82 Å². The Hall–Kier alpha value is -2.92. The van der Waals surface area contributed by atoms with Crippen LogP contribution < -0.4 is 10.2 Å². The minimum atomic E-state index is -0.533. The Labute approximate surface area is 148 Å². The molecule has 1 amide bonds. The molecule has 0 aliphatic carbocycles. The highest BCUT2D eigenvalue weighted by Gasteiger charge is 2.39. The number of halogens is 2. The fraction of sp³-hybridized carbons (Fsp3) is 0.0526. The zero-order valence-corrected chi connectivity index (χ0v) is 13.7. The maximum Gasteiger partial charge on any atom is 0.262 e. The van der Waals surface area contributed by atoms with Crippen molar-refractivity contribution in [1.29, 1.82) is 0 Å². The van der Waals surface area contributed by atoms with Crippen molar-refractivity contribution in [3.63, 3.8) is 0 Å². The van der Waals surface area contributed by atoms with Gasteiger partial charge in [0.05, 0.1) is 22.0 Å². The number of rotatable bonds is 3. The molecular weight excluding hydrogens is 341 g/mol. The minimum absolute atomic E-state index is 0.148. The second-order valence-electron chi connectivity index (χ2n) is 5.62. The molecule has 1 aliphatic heterocycles. The lowest BCUT2D eigenvalue weighted by Gasteiger charge is -2.27. The lowest BCUT2D eigenvalue weighted by Crippen LogP contribution is -2.32. The molecule has 124 valence electrons. The van der Waals surface area contributed by atoms with Gasteiger partial charge in [-0.05, 0) is 42.5 Å². The molecule has 0 fully saturated rings. The fourth-order valence-corrected chi connectivity index (χ4v) is 3.15. The van der Waals surface area contributed by atoms with Gasteiger partial charge in [-0.25, -0.2) is 4.39 Å². The van der Waals surface area contributed by atoms with Crippen molar-refractivity contribution >= 4 is 28.9 Å². The summed E-state index contributed by atoms with van der Waals surface area (Å²) in [4.78, 5) is 18.9. The van der Waals surface area contributed by atoms with Crippen LogP contribution in [0.3, 0.4) is 0 Å². The van der Waals surface area contributed by atoms with E-state index in [0.29, 0.717) is 16.9 Å². The van der Waals surface area contributed by atoms with E-state index < -0.39 is 12.0 Å². The molecule has 4 rings (SSSR count). The highest BCUT2D eigenvalue weighted by Crippen LogP contribution is 2.38. The molecule has 2 heterocycles. The molecule has 0 radical (unpaired) electrons. The quantitative estimate of drug-likeness (QED) is 0.745. The molecule has 25 heavy (non-hydrogen) atoms. The van der Waals surface area contributed by atoms with Crippen molar-refractivity contribution < 1.29 is 9.18 Å². The zero-order chi connectivity index (χ0) is 17.4. The van der Waals surface area contributed by atoms with Gasteiger partial charge in [0, 0.05) is 11.9 Å². The van der Waals surface area contributed by atoms with E-state index in [9.17, 15) is 9.18 Å². The summed E-state index contributed by atoms with van der Waals surface area (Å²) in [5.74, 6) is -0.568. The van der Waals surface area contributed by atoms with Crippen molar-refractivity contribution in [2.45, 2.75) is 6.17 Å². The minimum Gasteiger partial charge on any atom is -0.359 e. The van der Waals surface area contributed by atoms with E-state index in [1.165, 1.54) is 12.1 Å². The number of pyridine rings is 1. The molecule has 0 saturated carbocycles. The van der Waals surface area contributed by atoms with E-state index >= 15 is 0 Å². The summed E-state index contributed by atoms with van der Waals surface area (Å²) < 4.78 is 13.3. The number of carbonyl (C=O) groups excluding carboxylic acids is 1. The Morgan fingerprint density at radius 2 is 1.88 bits per heavy atom. The molecule has 0 spiro atoms. The lowest BCUT2D eigenvalue weighted by atomic mass is 10.2. The first kappa shape index (κ1) is 15.6. The third-order valence-electron chi connectivity index (χ3n) is 4.06. The molecule has 1 aliphatic rings. The van der Waals surface area contributed by atoms with E-state index in [1.54, 1.807) is 29.3 Å². The topological polar surface area (TPSA) is 45.2 Å². The summed E-state index contributed by atoms with van der Waals surface area (Å²) >= 11 is 6.14. The molecule has 4 nitrogen and oxygen atoms in total. The van der Waals surface area contributed by atoms with Crippen LogP contribution in [-0.4, -0.2) is 10.9 Å². The Morgan fingerprint density at radius 3 is 2.64 bits per heavy atom. The van der Waals surface area contributed by atoms with Crippen LogP contribution in [0.25, 0.3) is 0 Å². The Bertz CT molecular complexity index is 948. The Kier molecular flexibility index (Phi) is 3.86. The molecule has 1 N–H and O–H groups in total. The van der Waals surface area contributed by atoms with Gasteiger partial charge in [-0.2, -0.15) is 0 Å². The largest absolute Gasteiger partial charge is 0.359 e. The predicted octanol–water partition coefficient (Wildman–Crippen LogP) is 4.65. The van der Waals surface area contributed by atoms with Gasteiger partial charge in [0.15, 0.2) is 6.17 Å². The number of benzene rings is 2. The van der Waals surface area contributed by atoms with Crippen molar-refractivity contribution in [3.05, 3.63) is 89.0 Å². The van der Waals surface area contributed by atoms with Crippen LogP contribution in [0.15, 0.2) is 66.9 Å². The molecule has 1 unspecified atom stereocenters. The zero-order valence-electron chi connectivity index (χ0n) is 13.0. The maximum absolute atomic E-state index is 13.3. The number of anilines is 2. The first-order valence-corrected chi connectivity index (χ1v) is 8.08. The van der Waals surface area contributed by atoms with Gasteiger partial charge in [-0.1, -0.05) is 29.8 Å². The highest BCUT2D eigenvalue weighted by molar-refractivity contribution is 6.33. The maximum atomic E-state index is 13.3. The number of amides is 1. The van der Waals surface area contributed by atoms with Crippen LogP contribution in [0.1, 0.15) is 22.2 Å². The second-order valence-corrected chi connectivity index (χ2v) is 6.03. The second kappa shape index (κ2) is 6.18. The van der Waals surface area contributed by atoms with E-state index in [4.69, 9.17) is 11.6 Å². The van der Waals surface area contributed by atoms with Gasteiger partial charge in [0.25, 0.3) is 5.91 Å². The average Bonchev–Trinajstić information content (AvgIpc) is 2.91. The van der Waals surface area contributed by atoms with Gasteiger partial charge in [0.2, 0.25) is 0 Å². The predicted molar refractivity (Wildman–Crippen MR) is 95.3 cm³/mol. The normalized spacial score (nSPS) is 16.0. The first-order valence-electron chi connectivity index (χ1n) is 7.70. The number of nitrogens with one attached hydrogen (secondary N) is 1. The van der Waals surface area contributed by atoms with Crippen molar-refractivity contribution in [1.82, 2.24) is 4.98 Å². The van der Waals surface area contributed by atoms with E-state index in [1.807, 2.05) is 30.3 Å². The van der Waals surface area contributed by atoms with Gasteiger partial charge >= 0.3 is 0 Å². The van der Waals surface area contributed by atoms with E-state index in [0.717, 1.165) is 5.69 Å². The molecule has 3 aromatic rings. The first-order chi connectivity index (χ1) is 12.1. The monoisotopic (exact) mass is 353 g/mol. The van der Waals surface area contributed by atoms with E-state index in [2.05, 4.69) is 10.3 Å². The summed E-state index contributed by atoms with van der Waals surface area (Å²) in [6.45, 7) is 0. The summed E-state index contributed by atoms with van der Waals surface area (Å²) in [6.07, 6.45) is 1.11. The summed E-state index contributed by atoms with van der Waals surface area (Å²) in [5.41, 5.74) is 2.40. The Balaban J connectivity index is 1.80. The van der Waals surface area contributed by atoms with Crippen molar-refractivity contribution in [2.75, 3.05) is 10.2 Å². The summed E-state index contributed by atoms with van der Waals surface area (Å²) in [7, 11) is 0. The van der Waals surface area contributed by atoms with Crippen LogP contribution in [0.5, 0.6) is 0 Å². The van der Waals surface area contributed by atoms with Gasteiger partial charge in [-0.15, -0.1) is 0 Å². The van der Waals surface area contributed by atoms with E-state index in [-0.39, 0.29) is 10.9 Å². The fourth-order valence-electron chi connectivity index (χ4n) is 2.93. The molecule has 1 atom stereocenters. The number of hydrogen-bond donors (Lipinski definition) is 1.